The minimum absolute atomic E-state index is 0.329. The van der Waals surface area contributed by atoms with Gasteiger partial charge in [0.1, 0.15) is 5.69 Å². The summed E-state index contributed by atoms with van der Waals surface area (Å²) in [5.74, 6) is -1.41. The summed E-state index contributed by atoms with van der Waals surface area (Å²) < 4.78 is 36.1. The molecule has 0 amide bonds. The molecular weight excluding hydrogens is 201 g/mol. The SMILES string of the molecule is C=C(C(=O)O)c1cc(C(F)(F)F)[nH]n1. The Labute approximate surface area is 76.1 Å². The van der Waals surface area contributed by atoms with E-state index in [9.17, 15) is 18.0 Å². The second kappa shape index (κ2) is 3.17. The van der Waals surface area contributed by atoms with Gasteiger partial charge in [0.2, 0.25) is 0 Å². The van der Waals surface area contributed by atoms with Crippen molar-refractivity contribution in [2.45, 2.75) is 6.18 Å². The first-order valence-electron chi connectivity index (χ1n) is 3.37. The quantitative estimate of drug-likeness (QED) is 0.721. The fourth-order valence-corrected chi connectivity index (χ4v) is 0.731. The molecule has 1 heterocycles. The molecule has 1 aromatic heterocycles. The molecule has 0 aliphatic rings. The lowest BCUT2D eigenvalue weighted by Crippen LogP contribution is -2.04. The van der Waals surface area contributed by atoms with Crippen molar-refractivity contribution in [3.63, 3.8) is 0 Å². The Morgan fingerprint density at radius 1 is 1.57 bits per heavy atom. The standard InChI is InChI=1S/C7H5F3N2O2/c1-3(6(13)14)4-2-5(12-11-4)7(8,9)10/h2H,1H2,(H,11,12)(H,13,14). The summed E-state index contributed by atoms with van der Waals surface area (Å²) in [6, 6.07) is 0.594. The summed E-state index contributed by atoms with van der Waals surface area (Å²) in [5, 5.41) is 13.3. The number of carboxylic acids is 1. The number of aromatic nitrogens is 2. The monoisotopic (exact) mass is 206 g/mol. The molecule has 2 N–H and O–H groups in total. The zero-order chi connectivity index (χ0) is 10.9. The maximum Gasteiger partial charge on any atom is 0.432 e. The van der Waals surface area contributed by atoms with Gasteiger partial charge in [-0.25, -0.2) is 4.79 Å². The van der Waals surface area contributed by atoms with Crippen molar-refractivity contribution in [1.29, 1.82) is 0 Å². The van der Waals surface area contributed by atoms with E-state index in [2.05, 4.69) is 11.7 Å². The molecule has 1 rings (SSSR count). The number of rotatable bonds is 2. The van der Waals surface area contributed by atoms with Gasteiger partial charge in [0.15, 0.2) is 0 Å². The molecule has 7 heteroatoms. The molecule has 0 bridgehead atoms. The Kier molecular flexibility index (Phi) is 2.33. The van der Waals surface area contributed by atoms with Crippen LogP contribution < -0.4 is 0 Å². The topological polar surface area (TPSA) is 66.0 Å². The van der Waals surface area contributed by atoms with E-state index in [0.717, 1.165) is 0 Å². The average molecular weight is 206 g/mol. The third-order valence-corrected chi connectivity index (χ3v) is 1.45. The second-order valence-corrected chi connectivity index (χ2v) is 2.45. The summed E-state index contributed by atoms with van der Waals surface area (Å²) in [6.07, 6.45) is -4.57. The van der Waals surface area contributed by atoms with Crippen molar-refractivity contribution < 1.29 is 23.1 Å². The number of aliphatic carboxylic acids is 1. The van der Waals surface area contributed by atoms with E-state index in [-0.39, 0.29) is 5.69 Å². The highest BCUT2D eigenvalue weighted by atomic mass is 19.4. The van der Waals surface area contributed by atoms with E-state index in [1.54, 1.807) is 5.10 Å². The minimum atomic E-state index is -4.57. The summed E-state index contributed by atoms with van der Waals surface area (Å²) >= 11 is 0. The normalized spacial score (nSPS) is 11.4. The molecule has 0 saturated carbocycles. The summed E-state index contributed by atoms with van der Waals surface area (Å²) in [6.45, 7) is 3.07. The molecule has 0 unspecified atom stereocenters. The van der Waals surface area contributed by atoms with Crippen molar-refractivity contribution in [1.82, 2.24) is 10.2 Å². The van der Waals surface area contributed by atoms with Crippen LogP contribution in [0.4, 0.5) is 13.2 Å². The van der Waals surface area contributed by atoms with Crippen molar-refractivity contribution in [2.24, 2.45) is 0 Å². The van der Waals surface area contributed by atoms with E-state index >= 15 is 0 Å². The predicted molar refractivity (Wildman–Crippen MR) is 40.3 cm³/mol. The van der Waals surface area contributed by atoms with Gasteiger partial charge in [-0.05, 0) is 6.07 Å². The van der Waals surface area contributed by atoms with Gasteiger partial charge in [-0.2, -0.15) is 18.3 Å². The van der Waals surface area contributed by atoms with Crippen LogP contribution in [0.2, 0.25) is 0 Å². The number of H-pyrrole nitrogens is 1. The van der Waals surface area contributed by atoms with Gasteiger partial charge < -0.3 is 5.11 Å². The van der Waals surface area contributed by atoms with E-state index < -0.39 is 23.4 Å². The van der Waals surface area contributed by atoms with Gasteiger partial charge in [0.05, 0.1) is 11.3 Å². The van der Waals surface area contributed by atoms with Crippen LogP contribution in [0.3, 0.4) is 0 Å². The van der Waals surface area contributed by atoms with Gasteiger partial charge in [-0.3, -0.25) is 5.10 Å². The number of carboxylic acid groups (broad SMARTS) is 1. The minimum Gasteiger partial charge on any atom is -0.478 e. The van der Waals surface area contributed by atoms with Crippen LogP contribution in [0.15, 0.2) is 12.6 Å². The Hall–Kier alpha value is -1.79. The summed E-state index contributed by atoms with van der Waals surface area (Å²) in [5.41, 5.74) is -1.92. The highest BCUT2D eigenvalue weighted by molar-refractivity contribution is 6.13. The first kappa shape index (κ1) is 10.3. The molecule has 0 spiro atoms. The number of aromatic amines is 1. The molecule has 0 radical (unpaired) electrons. The first-order chi connectivity index (χ1) is 6.32. The van der Waals surface area contributed by atoms with E-state index in [0.29, 0.717) is 6.07 Å². The van der Waals surface area contributed by atoms with Gasteiger partial charge in [0.25, 0.3) is 0 Å². The van der Waals surface area contributed by atoms with Crippen LogP contribution in [0.1, 0.15) is 11.4 Å². The average Bonchev–Trinajstić information content (AvgIpc) is 2.49. The maximum atomic E-state index is 12.0. The van der Waals surface area contributed by atoms with Gasteiger partial charge in [0, 0.05) is 0 Å². The first-order valence-corrected chi connectivity index (χ1v) is 3.37. The molecular formula is C7H5F3N2O2. The van der Waals surface area contributed by atoms with Gasteiger partial charge >= 0.3 is 12.1 Å². The smallest absolute Gasteiger partial charge is 0.432 e. The summed E-state index contributed by atoms with van der Waals surface area (Å²) in [7, 11) is 0. The molecule has 0 fully saturated rings. The number of carbonyl (C=O) groups is 1. The maximum absolute atomic E-state index is 12.0. The number of hydrogen-bond donors (Lipinski definition) is 2. The number of halogens is 3. The third kappa shape index (κ3) is 1.93. The molecule has 0 aliphatic carbocycles. The highest BCUT2D eigenvalue weighted by Gasteiger charge is 2.33. The lowest BCUT2D eigenvalue weighted by Gasteiger charge is -1.99. The molecule has 0 saturated heterocycles. The van der Waals surface area contributed by atoms with Crippen LogP contribution in [-0.2, 0) is 11.0 Å². The molecule has 1 aromatic rings. The van der Waals surface area contributed by atoms with Crippen LogP contribution in [0, 0.1) is 0 Å². The lowest BCUT2D eigenvalue weighted by molar-refractivity contribution is -0.141. The van der Waals surface area contributed by atoms with Crippen LogP contribution in [-0.4, -0.2) is 21.3 Å². The predicted octanol–water partition coefficient (Wildman–Crippen LogP) is 1.53. The number of nitrogens with zero attached hydrogens (tertiary/aromatic N) is 1. The Bertz CT molecular complexity index is 381. The number of nitrogens with one attached hydrogen (secondary N) is 1. The molecule has 0 aromatic carbocycles. The molecule has 4 nitrogen and oxygen atoms in total. The van der Waals surface area contributed by atoms with Crippen molar-refractivity contribution in [3.8, 4) is 0 Å². The van der Waals surface area contributed by atoms with Crippen molar-refractivity contribution in [3.05, 3.63) is 24.0 Å². The van der Waals surface area contributed by atoms with Crippen LogP contribution in [0.5, 0.6) is 0 Å². The van der Waals surface area contributed by atoms with Crippen molar-refractivity contribution in [2.75, 3.05) is 0 Å². The van der Waals surface area contributed by atoms with Crippen LogP contribution in [0.25, 0.3) is 5.57 Å². The second-order valence-electron chi connectivity index (χ2n) is 2.45. The Balaban J connectivity index is 3.00. The molecule has 14 heavy (non-hydrogen) atoms. The largest absolute Gasteiger partial charge is 0.478 e. The number of hydrogen-bond acceptors (Lipinski definition) is 2. The third-order valence-electron chi connectivity index (χ3n) is 1.45. The fourth-order valence-electron chi connectivity index (χ4n) is 0.731. The lowest BCUT2D eigenvalue weighted by atomic mass is 10.2. The number of alkyl halides is 3. The zero-order valence-electron chi connectivity index (χ0n) is 6.72. The van der Waals surface area contributed by atoms with Crippen LogP contribution >= 0.6 is 0 Å². The van der Waals surface area contributed by atoms with Crippen molar-refractivity contribution >= 4 is 11.5 Å². The fraction of sp³-hybridized carbons (Fsp3) is 0.143. The Morgan fingerprint density at radius 2 is 2.14 bits per heavy atom. The summed E-state index contributed by atoms with van der Waals surface area (Å²) in [4.78, 5) is 10.3. The van der Waals surface area contributed by atoms with Gasteiger partial charge in [-0.1, -0.05) is 6.58 Å². The van der Waals surface area contributed by atoms with Gasteiger partial charge in [-0.15, -0.1) is 0 Å². The molecule has 76 valence electrons. The Morgan fingerprint density at radius 3 is 2.50 bits per heavy atom. The van der Waals surface area contributed by atoms with E-state index in [1.807, 2.05) is 0 Å². The zero-order valence-corrected chi connectivity index (χ0v) is 6.72. The molecule has 0 atom stereocenters. The van der Waals surface area contributed by atoms with E-state index in [4.69, 9.17) is 5.11 Å². The van der Waals surface area contributed by atoms with E-state index in [1.165, 1.54) is 0 Å². The highest BCUT2D eigenvalue weighted by Crippen LogP contribution is 2.28. The molecule has 0 aliphatic heterocycles.